The lowest BCUT2D eigenvalue weighted by molar-refractivity contribution is 0.415. The lowest BCUT2D eigenvalue weighted by atomic mass is 10.0. The van der Waals surface area contributed by atoms with Gasteiger partial charge in [0.1, 0.15) is 5.75 Å². The molecule has 5 nitrogen and oxygen atoms in total. The van der Waals surface area contributed by atoms with E-state index in [1.165, 1.54) is 12.1 Å². The Bertz CT molecular complexity index is 541. The van der Waals surface area contributed by atoms with E-state index in [1.54, 1.807) is 13.2 Å². The largest absolute Gasteiger partial charge is 0.495 e. The highest BCUT2D eigenvalue weighted by Gasteiger charge is 2.13. The Balaban J connectivity index is 2.91. The van der Waals surface area contributed by atoms with Crippen LogP contribution < -0.4 is 15.2 Å². The number of nitrogens with one attached hydrogen (secondary N) is 1. The van der Waals surface area contributed by atoms with Crippen LogP contribution in [0.2, 0.25) is 0 Å². The van der Waals surface area contributed by atoms with Gasteiger partial charge < -0.3 is 10.1 Å². The van der Waals surface area contributed by atoms with Crippen LogP contribution in [0.4, 0.5) is 5.69 Å². The molecule has 114 valence electrons. The van der Waals surface area contributed by atoms with Crippen LogP contribution in [0.3, 0.4) is 0 Å². The Morgan fingerprint density at radius 3 is 2.40 bits per heavy atom. The van der Waals surface area contributed by atoms with Gasteiger partial charge in [-0.3, -0.25) is 0 Å². The molecule has 0 aliphatic rings. The minimum Gasteiger partial charge on any atom is -0.495 e. The molecule has 0 saturated heterocycles. The Kier molecular flexibility index (Phi) is 5.83. The Labute approximate surface area is 121 Å². The lowest BCUT2D eigenvalue weighted by Crippen LogP contribution is -2.18. The molecule has 20 heavy (non-hydrogen) atoms. The van der Waals surface area contributed by atoms with Gasteiger partial charge in [0.05, 0.1) is 17.7 Å². The van der Waals surface area contributed by atoms with Gasteiger partial charge >= 0.3 is 0 Å². The first-order valence-corrected chi connectivity index (χ1v) is 8.26. The Morgan fingerprint density at radius 1 is 1.25 bits per heavy atom. The van der Waals surface area contributed by atoms with Crippen molar-refractivity contribution in [3.05, 3.63) is 18.2 Å². The fourth-order valence-corrected chi connectivity index (χ4v) is 2.44. The summed E-state index contributed by atoms with van der Waals surface area (Å²) in [4.78, 5) is 0.0804. The number of sulfonamides is 1. The van der Waals surface area contributed by atoms with E-state index in [4.69, 9.17) is 9.88 Å². The number of ether oxygens (including phenoxy) is 1. The summed E-state index contributed by atoms with van der Waals surface area (Å²) in [6, 6.07) is 4.79. The van der Waals surface area contributed by atoms with E-state index in [0.717, 1.165) is 12.8 Å². The summed E-state index contributed by atoms with van der Waals surface area (Å²) in [6.45, 7) is 6.41. The molecule has 1 atom stereocenters. The highest BCUT2D eigenvalue weighted by molar-refractivity contribution is 7.89. The van der Waals surface area contributed by atoms with Crippen molar-refractivity contribution in [2.75, 3.05) is 12.4 Å². The van der Waals surface area contributed by atoms with E-state index >= 15 is 0 Å². The minimum atomic E-state index is -3.71. The van der Waals surface area contributed by atoms with Gasteiger partial charge in [-0.25, -0.2) is 13.6 Å². The van der Waals surface area contributed by atoms with Crippen LogP contribution >= 0.6 is 0 Å². The summed E-state index contributed by atoms with van der Waals surface area (Å²) in [7, 11) is -2.16. The molecular weight excluding hydrogens is 276 g/mol. The minimum absolute atomic E-state index is 0.0804. The monoisotopic (exact) mass is 300 g/mol. The van der Waals surface area contributed by atoms with Gasteiger partial charge in [0.25, 0.3) is 0 Å². The molecule has 1 aromatic rings. The molecule has 1 unspecified atom stereocenters. The molecule has 0 aliphatic carbocycles. The van der Waals surface area contributed by atoms with E-state index in [9.17, 15) is 8.42 Å². The molecule has 0 bridgehead atoms. The van der Waals surface area contributed by atoms with E-state index in [-0.39, 0.29) is 10.9 Å². The number of hydrogen-bond acceptors (Lipinski definition) is 4. The molecule has 0 saturated carbocycles. The van der Waals surface area contributed by atoms with Crippen LogP contribution in [0.5, 0.6) is 5.75 Å². The van der Waals surface area contributed by atoms with Gasteiger partial charge in [0, 0.05) is 6.04 Å². The molecule has 0 heterocycles. The molecule has 0 aliphatic heterocycles. The predicted octanol–water partition coefficient (Wildman–Crippen LogP) is 2.58. The van der Waals surface area contributed by atoms with Crippen LogP contribution in [0.15, 0.2) is 23.1 Å². The number of nitrogens with two attached hydrogens (primary N) is 1. The number of primary sulfonamides is 1. The van der Waals surface area contributed by atoms with Gasteiger partial charge in [-0.05, 0) is 43.9 Å². The van der Waals surface area contributed by atoms with E-state index in [0.29, 0.717) is 17.4 Å². The van der Waals surface area contributed by atoms with Crippen molar-refractivity contribution < 1.29 is 13.2 Å². The van der Waals surface area contributed by atoms with Crippen molar-refractivity contribution in [1.82, 2.24) is 0 Å². The Morgan fingerprint density at radius 2 is 1.90 bits per heavy atom. The molecule has 0 aromatic heterocycles. The maximum Gasteiger partial charge on any atom is 0.238 e. The fraction of sp³-hybridized carbons (Fsp3) is 0.571. The average molecular weight is 300 g/mol. The lowest BCUT2D eigenvalue weighted by Gasteiger charge is -2.19. The van der Waals surface area contributed by atoms with Crippen LogP contribution in [0.25, 0.3) is 0 Å². The third-order valence-electron chi connectivity index (χ3n) is 3.08. The second-order valence-corrected chi connectivity index (χ2v) is 6.99. The average Bonchev–Trinajstić information content (AvgIpc) is 2.35. The summed E-state index contributed by atoms with van der Waals surface area (Å²) in [5.41, 5.74) is 0.648. The van der Waals surface area contributed by atoms with Crippen molar-refractivity contribution >= 4 is 15.7 Å². The molecule has 6 heteroatoms. The van der Waals surface area contributed by atoms with E-state index in [1.807, 2.05) is 0 Å². The van der Waals surface area contributed by atoms with Crippen molar-refractivity contribution in [2.45, 2.75) is 44.6 Å². The predicted molar refractivity (Wildman–Crippen MR) is 81.5 cm³/mol. The zero-order valence-electron chi connectivity index (χ0n) is 12.5. The Hall–Kier alpha value is -1.27. The zero-order valence-corrected chi connectivity index (χ0v) is 13.3. The van der Waals surface area contributed by atoms with Crippen molar-refractivity contribution in [3.63, 3.8) is 0 Å². The molecule has 1 rings (SSSR count). The summed E-state index contributed by atoms with van der Waals surface area (Å²) < 4.78 is 28.0. The molecule has 0 radical (unpaired) electrons. The van der Waals surface area contributed by atoms with Crippen LogP contribution in [0, 0.1) is 5.92 Å². The summed E-state index contributed by atoms with van der Waals surface area (Å²) in [5.74, 6) is 1.24. The van der Waals surface area contributed by atoms with E-state index < -0.39 is 10.0 Å². The normalized spacial score (nSPS) is 13.3. The first kappa shape index (κ1) is 16.8. The molecule has 0 fully saturated rings. The highest BCUT2D eigenvalue weighted by Crippen LogP contribution is 2.28. The quantitative estimate of drug-likeness (QED) is 0.811. The number of methoxy groups -OCH3 is 1. The highest BCUT2D eigenvalue weighted by atomic mass is 32.2. The first-order valence-electron chi connectivity index (χ1n) is 6.71. The summed E-state index contributed by atoms with van der Waals surface area (Å²) in [5, 5.41) is 8.43. The van der Waals surface area contributed by atoms with Gasteiger partial charge in [-0.15, -0.1) is 0 Å². The standard InChI is InChI=1S/C14H24N2O3S/c1-10(2)5-6-11(3)16-13-9-12(20(15,17)18)7-8-14(13)19-4/h7-11,16H,5-6H2,1-4H3,(H2,15,17,18). The maximum atomic E-state index is 11.4. The summed E-state index contributed by atoms with van der Waals surface area (Å²) in [6.07, 6.45) is 2.10. The number of rotatable bonds is 7. The smallest absolute Gasteiger partial charge is 0.238 e. The number of benzene rings is 1. The molecule has 0 spiro atoms. The van der Waals surface area contributed by atoms with Gasteiger partial charge in [-0.2, -0.15) is 0 Å². The summed E-state index contributed by atoms with van der Waals surface area (Å²) >= 11 is 0. The number of hydrogen-bond donors (Lipinski definition) is 2. The second kappa shape index (κ2) is 6.95. The van der Waals surface area contributed by atoms with Crippen LogP contribution in [-0.2, 0) is 10.0 Å². The first-order chi connectivity index (χ1) is 9.24. The zero-order chi connectivity index (χ0) is 15.3. The van der Waals surface area contributed by atoms with Crippen LogP contribution in [0.1, 0.15) is 33.6 Å². The second-order valence-electron chi connectivity index (χ2n) is 5.42. The van der Waals surface area contributed by atoms with Gasteiger partial charge in [0.15, 0.2) is 0 Å². The van der Waals surface area contributed by atoms with Crippen molar-refractivity contribution in [3.8, 4) is 5.75 Å². The molecule has 3 N–H and O–H groups in total. The third-order valence-corrected chi connectivity index (χ3v) is 3.99. The van der Waals surface area contributed by atoms with Crippen molar-refractivity contribution in [1.29, 1.82) is 0 Å². The van der Waals surface area contributed by atoms with E-state index in [2.05, 4.69) is 26.1 Å². The third kappa shape index (κ3) is 5.02. The maximum absolute atomic E-state index is 11.4. The SMILES string of the molecule is COc1ccc(S(N)(=O)=O)cc1NC(C)CCC(C)C. The molecule has 1 aromatic carbocycles. The molecular formula is C14H24N2O3S. The molecule has 0 amide bonds. The van der Waals surface area contributed by atoms with Crippen LogP contribution in [-0.4, -0.2) is 21.6 Å². The van der Waals surface area contributed by atoms with Gasteiger partial charge in [0.2, 0.25) is 10.0 Å². The van der Waals surface area contributed by atoms with Gasteiger partial charge in [-0.1, -0.05) is 13.8 Å². The topological polar surface area (TPSA) is 81.4 Å². The fourth-order valence-electron chi connectivity index (χ4n) is 1.90. The number of anilines is 1. The van der Waals surface area contributed by atoms with Crippen molar-refractivity contribution in [2.24, 2.45) is 11.1 Å².